The van der Waals surface area contributed by atoms with E-state index in [0.717, 1.165) is 31.8 Å². The third kappa shape index (κ3) is 3.66. The van der Waals surface area contributed by atoms with Crippen molar-refractivity contribution in [2.45, 2.75) is 39.1 Å². The Morgan fingerprint density at radius 2 is 2.23 bits per heavy atom. The van der Waals surface area contributed by atoms with E-state index in [1.807, 2.05) is 0 Å². The number of likely N-dealkylation sites (tertiary alicyclic amines) is 1. The quantitative estimate of drug-likeness (QED) is 0.815. The van der Waals surface area contributed by atoms with Crippen LogP contribution in [0.15, 0.2) is 18.2 Å². The molecule has 1 aromatic carbocycles. The predicted molar refractivity (Wildman–Crippen MR) is 91.9 cm³/mol. The molecule has 2 radical (unpaired) electrons. The Balaban J connectivity index is 1.47. The van der Waals surface area contributed by atoms with Crippen LogP contribution in [-0.2, 0) is 6.42 Å². The van der Waals surface area contributed by atoms with Crippen LogP contribution in [-0.4, -0.2) is 51.6 Å². The SMILES string of the molecule is [B]CCc1ccc(OC2CN(CC3(C)CCNC3)C2)c(C)c1. The van der Waals surface area contributed by atoms with E-state index in [1.54, 1.807) is 0 Å². The largest absolute Gasteiger partial charge is 0.487 e. The van der Waals surface area contributed by atoms with Crippen molar-refractivity contribution in [2.75, 3.05) is 32.7 Å². The molecular weight excluding hydrogens is 271 g/mol. The molecule has 22 heavy (non-hydrogen) atoms. The third-order valence-electron chi connectivity index (χ3n) is 4.95. The van der Waals surface area contributed by atoms with Crippen molar-refractivity contribution in [1.29, 1.82) is 0 Å². The molecule has 1 N–H and O–H groups in total. The molecular formula is C18H27BN2O. The molecule has 0 aliphatic carbocycles. The molecule has 1 unspecified atom stereocenters. The summed E-state index contributed by atoms with van der Waals surface area (Å²) >= 11 is 0. The molecule has 0 aromatic heterocycles. The van der Waals surface area contributed by atoms with Gasteiger partial charge in [-0.15, -0.1) is 0 Å². The molecule has 2 fully saturated rings. The van der Waals surface area contributed by atoms with Gasteiger partial charge in [-0.3, -0.25) is 4.90 Å². The Morgan fingerprint density at radius 1 is 1.41 bits per heavy atom. The first-order valence-electron chi connectivity index (χ1n) is 8.47. The summed E-state index contributed by atoms with van der Waals surface area (Å²) in [6.45, 7) is 10.1. The van der Waals surface area contributed by atoms with E-state index < -0.39 is 0 Å². The lowest BCUT2D eigenvalue weighted by Gasteiger charge is -2.43. The molecule has 1 atom stereocenters. The second kappa shape index (κ2) is 6.63. The van der Waals surface area contributed by atoms with E-state index in [9.17, 15) is 0 Å². The van der Waals surface area contributed by atoms with Crippen molar-refractivity contribution < 1.29 is 4.74 Å². The first-order valence-corrected chi connectivity index (χ1v) is 8.47. The van der Waals surface area contributed by atoms with Crippen molar-refractivity contribution in [2.24, 2.45) is 5.41 Å². The number of ether oxygens (including phenoxy) is 1. The lowest BCUT2D eigenvalue weighted by Crippen LogP contribution is -2.56. The van der Waals surface area contributed by atoms with Crippen LogP contribution in [0.2, 0.25) is 6.32 Å². The maximum absolute atomic E-state index is 6.15. The van der Waals surface area contributed by atoms with Gasteiger partial charge in [0.25, 0.3) is 0 Å². The van der Waals surface area contributed by atoms with Gasteiger partial charge in [-0.05, 0) is 48.9 Å². The van der Waals surface area contributed by atoms with Gasteiger partial charge in [0.05, 0.1) is 7.85 Å². The lowest BCUT2D eigenvalue weighted by molar-refractivity contribution is -0.00196. The smallest absolute Gasteiger partial charge is 0.124 e. The van der Waals surface area contributed by atoms with Gasteiger partial charge in [-0.1, -0.05) is 25.4 Å². The van der Waals surface area contributed by atoms with Gasteiger partial charge in [-0.25, -0.2) is 0 Å². The second-order valence-corrected chi connectivity index (χ2v) is 7.31. The average molecular weight is 298 g/mol. The highest BCUT2D eigenvalue weighted by atomic mass is 16.5. The van der Waals surface area contributed by atoms with Crippen molar-refractivity contribution in [3.63, 3.8) is 0 Å². The summed E-state index contributed by atoms with van der Waals surface area (Å²) < 4.78 is 6.15. The topological polar surface area (TPSA) is 24.5 Å². The zero-order chi connectivity index (χ0) is 15.6. The van der Waals surface area contributed by atoms with Gasteiger partial charge in [0.1, 0.15) is 11.9 Å². The highest BCUT2D eigenvalue weighted by Crippen LogP contribution is 2.29. The van der Waals surface area contributed by atoms with Crippen LogP contribution in [0.4, 0.5) is 0 Å². The summed E-state index contributed by atoms with van der Waals surface area (Å²) in [4.78, 5) is 2.52. The Labute approximate surface area is 135 Å². The van der Waals surface area contributed by atoms with Gasteiger partial charge in [0.2, 0.25) is 0 Å². The zero-order valence-corrected chi connectivity index (χ0v) is 13.9. The first-order chi connectivity index (χ1) is 10.6. The number of nitrogens with zero attached hydrogens (tertiary/aromatic N) is 1. The molecule has 118 valence electrons. The molecule has 1 aromatic rings. The molecule has 0 spiro atoms. The summed E-state index contributed by atoms with van der Waals surface area (Å²) in [5, 5.41) is 3.47. The average Bonchev–Trinajstić information content (AvgIpc) is 2.86. The molecule has 0 amide bonds. The minimum absolute atomic E-state index is 0.344. The maximum atomic E-state index is 6.15. The van der Waals surface area contributed by atoms with Crippen molar-refractivity contribution >= 4 is 7.85 Å². The summed E-state index contributed by atoms with van der Waals surface area (Å²) in [7, 11) is 5.61. The highest BCUT2D eigenvalue weighted by Gasteiger charge is 2.36. The Morgan fingerprint density at radius 3 is 2.86 bits per heavy atom. The molecule has 2 aliphatic rings. The van der Waals surface area contributed by atoms with E-state index >= 15 is 0 Å². The van der Waals surface area contributed by atoms with Crippen molar-refractivity contribution in [1.82, 2.24) is 10.2 Å². The standard InChI is InChI=1S/C18H27BN2O/c1-14-9-15(5-7-19)3-4-17(14)22-16-10-21(11-16)13-18(2)6-8-20-12-18/h3-4,9,16,20H,5-8,10-13H2,1-2H3. The van der Waals surface area contributed by atoms with Crippen LogP contribution in [0.3, 0.4) is 0 Å². The lowest BCUT2D eigenvalue weighted by atomic mass is 9.88. The normalized spacial score (nSPS) is 26.1. The molecule has 2 heterocycles. The van der Waals surface area contributed by atoms with Crippen LogP contribution in [0.5, 0.6) is 5.75 Å². The van der Waals surface area contributed by atoms with Crippen LogP contribution >= 0.6 is 0 Å². The van der Waals surface area contributed by atoms with Crippen LogP contribution < -0.4 is 10.1 Å². The molecule has 3 rings (SSSR count). The fourth-order valence-electron chi connectivity index (χ4n) is 3.62. The molecule has 0 saturated carbocycles. The Hall–Kier alpha value is -0.995. The Kier molecular flexibility index (Phi) is 4.79. The summed E-state index contributed by atoms with van der Waals surface area (Å²) in [5.74, 6) is 1.03. The minimum atomic E-state index is 0.344. The van der Waals surface area contributed by atoms with E-state index in [-0.39, 0.29) is 0 Å². The van der Waals surface area contributed by atoms with Crippen molar-refractivity contribution in [3.8, 4) is 5.75 Å². The Bertz CT molecular complexity index is 508. The van der Waals surface area contributed by atoms with Crippen LogP contribution in [0, 0.1) is 12.3 Å². The number of aryl methyl sites for hydroxylation is 2. The number of hydrogen-bond acceptors (Lipinski definition) is 3. The molecule has 2 saturated heterocycles. The molecule has 0 bridgehead atoms. The van der Waals surface area contributed by atoms with E-state index in [0.29, 0.717) is 17.8 Å². The molecule has 2 aliphatic heterocycles. The van der Waals surface area contributed by atoms with E-state index in [4.69, 9.17) is 12.6 Å². The van der Waals surface area contributed by atoms with Gasteiger partial charge < -0.3 is 10.1 Å². The van der Waals surface area contributed by atoms with Crippen LogP contribution in [0.1, 0.15) is 24.5 Å². The summed E-state index contributed by atoms with van der Waals surface area (Å²) in [6.07, 6.45) is 3.27. The van der Waals surface area contributed by atoms with Gasteiger partial charge >= 0.3 is 0 Å². The molecule has 3 nitrogen and oxygen atoms in total. The minimum Gasteiger partial charge on any atom is -0.487 e. The second-order valence-electron chi connectivity index (χ2n) is 7.31. The summed E-state index contributed by atoms with van der Waals surface area (Å²) in [6, 6.07) is 6.44. The maximum Gasteiger partial charge on any atom is 0.124 e. The summed E-state index contributed by atoms with van der Waals surface area (Å²) in [5.41, 5.74) is 2.96. The zero-order valence-electron chi connectivity index (χ0n) is 13.9. The molecule has 4 heteroatoms. The number of rotatable bonds is 6. The monoisotopic (exact) mass is 298 g/mol. The highest BCUT2D eigenvalue weighted by molar-refractivity contribution is 6.08. The fourth-order valence-corrected chi connectivity index (χ4v) is 3.62. The predicted octanol–water partition coefficient (Wildman–Crippen LogP) is 2.19. The van der Waals surface area contributed by atoms with Crippen LogP contribution in [0.25, 0.3) is 0 Å². The number of benzene rings is 1. The number of hydrogen-bond donors (Lipinski definition) is 1. The third-order valence-corrected chi connectivity index (χ3v) is 4.95. The van der Waals surface area contributed by atoms with Gasteiger partial charge in [-0.2, -0.15) is 0 Å². The van der Waals surface area contributed by atoms with Crippen molar-refractivity contribution in [3.05, 3.63) is 29.3 Å². The van der Waals surface area contributed by atoms with Gasteiger partial charge in [0, 0.05) is 26.2 Å². The van der Waals surface area contributed by atoms with E-state index in [2.05, 4.69) is 42.3 Å². The fraction of sp³-hybridized carbons (Fsp3) is 0.667. The van der Waals surface area contributed by atoms with E-state index in [1.165, 1.54) is 30.6 Å². The van der Waals surface area contributed by atoms with Gasteiger partial charge in [0.15, 0.2) is 0 Å². The number of nitrogens with one attached hydrogen (secondary N) is 1. The first kappa shape index (κ1) is 15.9.